The van der Waals surface area contributed by atoms with Crippen molar-refractivity contribution in [3.63, 3.8) is 0 Å². The molecule has 0 heterocycles. The predicted octanol–water partition coefficient (Wildman–Crippen LogP) is 3.11. The van der Waals surface area contributed by atoms with Gasteiger partial charge in [0.25, 0.3) is 0 Å². The summed E-state index contributed by atoms with van der Waals surface area (Å²) in [6.45, 7) is 3.45. The number of rotatable bonds is 5. The first kappa shape index (κ1) is 12.8. The van der Waals surface area contributed by atoms with E-state index in [2.05, 4.69) is 28.8 Å². The Balaban J connectivity index is 3.10. The summed E-state index contributed by atoms with van der Waals surface area (Å²) in [4.78, 5) is 13.0. The Morgan fingerprint density at radius 3 is 2.88 bits per heavy atom. The molecule has 0 fully saturated rings. The summed E-state index contributed by atoms with van der Waals surface area (Å²) in [6.07, 6.45) is 7.19. The maximum atomic E-state index is 11.0. The molecule has 16 heavy (non-hydrogen) atoms. The second-order valence-corrected chi connectivity index (χ2v) is 4.36. The number of anilines is 1. The summed E-state index contributed by atoms with van der Waals surface area (Å²) in [5.41, 5.74) is 1.57. The van der Waals surface area contributed by atoms with E-state index in [0.29, 0.717) is 12.1 Å². The van der Waals surface area contributed by atoms with Crippen molar-refractivity contribution in [3.05, 3.63) is 28.2 Å². The van der Waals surface area contributed by atoms with Gasteiger partial charge in [0, 0.05) is 22.3 Å². The summed E-state index contributed by atoms with van der Waals surface area (Å²) in [5, 5.41) is 0. The Bertz CT molecular complexity index is 409. The van der Waals surface area contributed by atoms with E-state index in [1.807, 2.05) is 17.0 Å². The molecule has 0 atom stereocenters. The lowest BCUT2D eigenvalue weighted by Crippen LogP contribution is -2.25. The minimum atomic E-state index is 0.519. The van der Waals surface area contributed by atoms with Crippen LogP contribution in [-0.2, 0) is 0 Å². The van der Waals surface area contributed by atoms with E-state index in [-0.39, 0.29) is 0 Å². The molecule has 1 rings (SSSR count). The third-order valence-corrected chi connectivity index (χ3v) is 2.73. The highest BCUT2D eigenvalue weighted by Gasteiger charge is 2.09. The Hall–Kier alpha value is -1.27. The van der Waals surface area contributed by atoms with E-state index in [1.165, 1.54) is 0 Å². The Morgan fingerprint density at radius 1 is 1.56 bits per heavy atom. The van der Waals surface area contributed by atoms with E-state index in [9.17, 15) is 4.79 Å². The van der Waals surface area contributed by atoms with Crippen LogP contribution in [0.2, 0.25) is 0 Å². The second kappa shape index (κ2) is 6.34. The molecule has 0 aliphatic rings. The van der Waals surface area contributed by atoms with Crippen molar-refractivity contribution in [1.82, 2.24) is 0 Å². The number of carbonyl (C=O) groups excluding carboxylic acids is 1. The number of hydrogen-bond acceptors (Lipinski definition) is 2. The molecule has 0 aromatic heterocycles. The zero-order chi connectivity index (χ0) is 12.0. The normalized spacial score (nSPS) is 9.56. The van der Waals surface area contributed by atoms with Gasteiger partial charge in [0.05, 0.1) is 6.54 Å². The lowest BCUT2D eigenvalue weighted by atomic mass is 10.1. The largest absolute Gasteiger partial charge is 0.360 e. The van der Waals surface area contributed by atoms with E-state index in [4.69, 9.17) is 6.42 Å². The molecule has 0 radical (unpaired) electrons. The van der Waals surface area contributed by atoms with Gasteiger partial charge in [-0.1, -0.05) is 28.8 Å². The number of terminal acetylenes is 1. The van der Waals surface area contributed by atoms with Crippen LogP contribution >= 0.6 is 15.9 Å². The predicted molar refractivity (Wildman–Crippen MR) is 70.9 cm³/mol. The number of carbonyl (C=O) groups is 1. The van der Waals surface area contributed by atoms with Gasteiger partial charge in [-0.3, -0.25) is 4.79 Å². The van der Waals surface area contributed by atoms with Crippen molar-refractivity contribution < 1.29 is 4.79 Å². The maximum Gasteiger partial charge on any atom is 0.152 e. The molecule has 1 aromatic carbocycles. The first-order chi connectivity index (χ1) is 7.72. The third kappa shape index (κ3) is 3.11. The van der Waals surface area contributed by atoms with Gasteiger partial charge in [-0.05, 0) is 24.6 Å². The number of benzene rings is 1. The highest BCUT2D eigenvalue weighted by Crippen LogP contribution is 2.24. The molecule has 84 valence electrons. The lowest BCUT2D eigenvalue weighted by Gasteiger charge is -2.23. The molecule has 3 heteroatoms. The van der Waals surface area contributed by atoms with Crippen LogP contribution in [0.25, 0.3) is 0 Å². The topological polar surface area (TPSA) is 20.3 Å². The first-order valence-corrected chi connectivity index (χ1v) is 5.95. The first-order valence-electron chi connectivity index (χ1n) is 5.16. The van der Waals surface area contributed by atoms with Gasteiger partial charge in [-0.2, -0.15) is 0 Å². The van der Waals surface area contributed by atoms with Crippen LogP contribution in [0.15, 0.2) is 22.7 Å². The molecule has 0 amide bonds. The Labute approximate surface area is 105 Å². The molecule has 0 aliphatic heterocycles. The second-order valence-electron chi connectivity index (χ2n) is 3.45. The smallest absolute Gasteiger partial charge is 0.152 e. The van der Waals surface area contributed by atoms with Crippen molar-refractivity contribution in [2.45, 2.75) is 13.3 Å². The van der Waals surface area contributed by atoms with Crippen LogP contribution in [0.1, 0.15) is 23.7 Å². The fraction of sp³-hybridized carbons (Fsp3) is 0.308. The van der Waals surface area contributed by atoms with Gasteiger partial charge in [-0.15, -0.1) is 6.42 Å². The van der Waals surface area contributed by atoms with Crippen LogP contribution < -0.4 is 4.90 Å². The minimum Gasteiger partial charge on any atom is -0.360 e. The zero-order valence-corrected chi connectivity index (χ0v) is 10.8. The van der Waals surface area contributed by atoms with Crippen LogP contribution in [0.3, 0.4) is 0 Å². The van der Waals surface area contributed by atoms with Crippen LogP contribution in [0.4, 0.5) is 5.69 Å². The summed E-state index contributed by atoms with van der Waals surface area (Å²) >= 11 is 3.40. The molecular formula is C13H14BrNO. The van der Waals surface area contributed by atoms with Crippen LogP contribution in [-0.4, -0.2) is 19.4 Å². The SMILES string of the molecule is C#CCN(CCC)c1cc(Br)ccc1C=O. The number of aldehydes is 1. The van der Waals surface area contributed by atoms with Gasteiger partial charge in [0.2, 0.25) is 0 Å². The standard InChI is InChI=1S/C13H14BrNO/c1-3-7-15(8-4-2)13-9-12(14)6-5-11(13)10-16/h1,5-6,9-10H,4,7-8H2,2H3. The quantitative estimate of drug-likeness (QED) is 0.610. The van der Waals surface area contributed by atoms with Gasteiger partial charge in [-0.25, -0.2) is 0 Å². The molecule has 0 saturated heterocycles. The van der Waals surface area contributed by atoms with E-state index in [0.717, 1.165) is 29.4 Å². The van der Waals surface area contributed by atoms with Crippen molar-refractivity contribution in [2.75, 3.05) is 18.0 Å². The highest BCUT2D eigenvalue weighted by atomic mass is 79.9. The third-order valence-electron chi connectivity index (χ3n) is 2.24. The van der Waals surface area contributed by atoms with Crippen LogP contribution in [0.5, 0.6) is 0 Å². The van der Waals surface area contributed by atoms with Gasteiger partial charge < -0.3 is 4.90 Å². The van der Waals surface area contributed by atoms with E-state index >= 15 is 0 Å². The molecule has 0 spiro atoms. The minimum absolute atomic E-state index is 0.519. The van der Waals surface area contributed by atoms with Crippen LogP contribution in [0, 0.1) is 12.3 Å². The molecular weight excluding hydrogens is 266 g/mol. The Kier molecular flexibility index (Phi) is 5.07. The number of hydrogen-bond donors (Lipinski definition) is 0. The molecule has 0 unspecified atom stereocenters. The fourth-order valence-electron chi connectivity index (χ4n) is 1.56. The van der Waals surface area contributed by atoms with Gasteiger partial charge in [0.15, 0.2) is 6.29 Å². The average molecular weight is 280 g/mol. The van der Waals surface area contributed by atoms with Crippen molar-refractivity contribution in [2.24, 2.45) is 0 Å². The van der Waals surface area contributed by atoms with Crippen molar-refractivity contribution >= 4 is 27.9 Å². The molecule has 1 aromatic rings. The molecule has 2 nitrogen and oxygen atoms in total. The molecule has 0 bridgehead atoms. The number of halogens is 1. The summed E-state index contributed by atoms with van der Waals surface area (Å²) < 4.78 is 0.950. The number of nitrogens with zero attached hydrogens (tertiary/aromatic N) is 1. The lowest BCUT2D eigenvalue weighted by molar-refractivity contribution is 0.112. The highest BCUT2D eigenvalue weighted by molar-refractivity contribution is 9.10. The van der Waals surface area contributed by atoms with Crippen molar-refractivity contribution in [3.8, 4) is 12.3 Å². The monoisotopic (exact) mass is 279 g/mol. The van der Waals surface area contributed by atoms with E-state index in [1.54, 1.807) is 6.07 Å². The van der Waals surface area contributed by atoms with Gasteiger partial charge >= 0.3 is 0 Å². The maximum absolute atomic E-state index is 11.0. The fourth-order valence-corrected chi connectivity index (χ4v) is 1.90. The summed E-state index contributed by atoms with van der Waals surface area (Å²) in [6, 6.07) is 5.58. The molecule has 0 N–H and O–H groups in total. The summed E-state index contributed by atoms with van der Waals surface area (Å²) in [5.74, 6) is 2.62. The molecule has 0 saturated carbocycles. The van der Waals surface area contributed by atoms with Gasteiger partial charge in [0.1, 0.15) is 0 Å². The zero-order valence-electron chi connectivity index (χ0n) is 9.24. The van der Waals surface area contributed by atoms with Crippen molar-refractivity contribution in [1.29, 1.82) is 0 Å². The average Bonchev–Trinajstić information content (AvgIpc) is 2.29. The van der Waals surface area contributed by atoms with E-state index < -0.39 is 0 Å². The Morgan fingerprint density at radius 2 is 2.31 bits per heavy atom. The summed E-state index contributed by atoms with van der Waals surface area (Å²) in [7, 11) is 0. The molecule has 0 aliphatic carbocycles.